The van der Waals surface area contributed by atoms with Crippen LogP contribution in [-0.2, 0) is 9.53 Å². The lowest BCUT2D eigenvalue weighted by Crippen LogP contribution is -2.04. The maximum Gasteiger partial charge on any atom is 0.371 e. The highest BCUT2D eigenvalue weighted by atomic mass is 16.5. The normalized spacial score (nSPS) is 11.0. The zero-order valence-electron chi connectivity index (χ0n) is 12.9. The molecule has 0 amide bonds. The van der Waals surface area contributed by atoms with Gasteiger partial charge >= 0.3 is 5.97 Å². The van der Waals surface area contributed by atoms with Crippen molar-refractivity contribution in [2.75, 3.05) is 14.2 Å². The summed E-state index contributed by atoms with van der Waals surface area (Å²) in [6, 6.07) is 7.37. The smallest absolute Gasteiger partial charge is 0.371 e. The average Bonchev–Trinajstić information content (AvgIpc) is 2.53. The number of carbonyl (C=O) groups is 1. The fourth-order valence-corrected chi connectivity index (χ4v) is 1.86. The van der Waals surface area contributed by atoms with E-state index in [0.29, 0.717) is 5.75 Å². The summed E-state index contributed by atoms with van der Waals surface area (Å²) in [4.78, 5) is 19.1. The number of rotatable bonds is 6. The topological polar surface area (TPSA) is 90.8 Å². The second-order valence-corrected chi connectivity index (χ2v) is 4.54. The Labute approximate surface area is 133 Å². The molecule has 0 bridgehead atoms. The fourth-order valence-electron chi connectivity index (χ4n) is 1.86. The predicted octanol–water partition coefficient (Wildman–Crippen LogP) is 2.66. The average molecular weight is 316 g/mol. The Hall–Kier alpha value is -3.09. The maximum absolute atomic E-state index is 11.1. The number of aryl methyl sites for hydroxylation is 1. The molecule has 0 saturated carbocycles. The van der Waals surface area contributed by atoms with Gasteiger partial charge in [-0.15, -0.1) is 0 Å². The molecule has 0 unspecified atom stereocenters. The fraction of sp³-hybridized carbons (Fsp3) is 0.188. The number of hydrogen-bond acceptors (Lipinski definition) is 6. The molecule has 0 radical (unpaired) electrons. The van der Waals surface area contributed by atoms with Crippen LogP contribution in [0.25, 0.3) is 6.08 Å². The number of nitrogens with zero attached hydrogens (tertiary/aromatic N) is 2. The van der Waals surface area contributed by atoms with Crippen molar-refractivity contribution in [3.63, 3.8) is 0 Å². The zero-order chi connectivity index (χ0) is 16.8. The van der Waals surface area contributed by atoms with Gasteiger partial charge in [-0.25, -0.2) is 14.8 Å². The number of aliphatic carboxylic acids is 1. The van der Waals surface area contributed by atoms with E-state index in [2.05, 4.69) is 9.97 Å². The number of carboxylic acid groups (broad SMARTS) is 1. The Morgan fingerprint density at radius 3 is 2.57 bits per heavy atom. The van der Waals surface area contributed by atoms with Crippen molar-refractivity contribution in [1.82, 2.24) is 9.97 Å². The molecular weight excluding hydrogens is 300 g/mol. The van der Waals surface area contributed by atoms with E-state index in [9.17, 15) is 4.79 Å². The van der Waals surface area contributed by atoms with Gasteiger partial charge in [-0.2, -0.15) is 0 Å². The van der Waals surface area contributed by atoms with Crippen molar-refractivity contribution in [1.29, 1.82) is 0 Å². The molecule has 1 heterocycles. The summed E-state index contributed by atoms with van der Waals surface area (Å²) in [7, 11) is 2.68. The molecule has 23 heavy (non-hydrogen) atoms. The molecule has 1 aromatic carbocycles. The first-order chi connectivity index (χ1) is 11.0. The van der Waals surface area contributed by atoms with Gasteiger partial charge in [0.1, 0.15) is 17.6 Å². The number of aromatic nitrogens is 2. The molecule has 0 spiro atoms. The van der Waals surface area contributed by atoms with Crippen LogP contribution < -0.4 is 9.47 Å². The summed E-state index contributed by atoms with van der Waals surface area (Å²) in [5.74, 6) is -0.599. The summed E-state index contributed by atoms with van der Waals surface area (Å²) in [6.07, 6.45) is 2.53. The number of benzene rings is 1. The minimum Gasteiger partial charge on any atom is -0.490 e. The summed E-state index contributed by atoms with van der Waals surface area (Å²) in [5.41, 5.74) is 1.29. The molecule has 2 aromatic rings. The van der Waals surface area contributed by atoms with Gasteiger partial charge in [0.25, 0.3) is 0 Å². The van der Waals surface area contributed by atoms with Gasteiger partial charge in [0.05, 0.1) is 14.2 Å². The van der Waals surface area contributed by atoms with Crippen LogP contribution in [0.2, 0.25) is 0 Å². The second kappa shape index (κ2) is 7.26. The summed E-state index contributed by atoms with van der Waals surface area (Å²) in [5, 5.41) is 9.10. The van der Waals surface area contributed by atoms with Gasteiger partial charge in [0, 0.05) is 6.08 Å². The van der Waals surface area contributed by atoms with E-state index in [0.717, 1.165) is 5.56 Å². The molecule has 7 nitrogen and oxygen atoms in total. The Bertz CT molecular complexity index is 743. The summed E-state index contributed by atoms with van der Waals surface area (Å²) < 4.78 is 15.7. The lowest BCUT2D eigenvalue weighted by Gasteiger charge is -2.11. The first-order valence-electron chi connectivity index (χ1n) is 6.67. The first kappa shape index (κ1) is 16.3. The first-order valence-corrected chi connectivity index (χ1v) is 6.67. The minimum absolute atomic E-state index is 0.165. The van der Waals surface area contributed by atoms with Gasteiger partial charge in [0.15, 0.2) is 0 Å². The van der Waals surface area contributed by atoms with Gasteiger partial charge in [-0.3, -0.25) is 0 Å². The van der Waals surface area contributed by atoms with Crippen LogP contribution in [0.4, 0.5) is 0 Å². The van der Waals surface area contributed by atoms with Crippen LogP contribution in [0.5, 0.6) is 17.5 Å². The van der Waals surface area contributed by atoms with Crippen molar-refractivity contribution < 1.29 is 24.1 Å². The minimum atomic E-state index is -1.22. The Balaban J connectivity index is 2.49. The van der Waals surface area contributed by atoms with Crippen LogP contribution in [-0.4, -0.2) is 35.3 Å². The van der Waals surface area contributed by atoms with E-state index in [4.69, 9.17) is 19.3 Å². The molecular formula is C16H16N2O5. The highest BCUT2D eigenvalue weighted by molar-refractivity contribution is 5.90. The lowest BCUT2D eigenvalue weighted by atomic mass is 10.2. The van der Waals surface area contributed by atoms with E-state index in [1.807, 2.05) is 25.1 Å². The van der Waals surface area contributed by atoms with Crippen molar-refractivity contribution in [2.24, 2.45) is 0 Å². The number of carboxylic acids is 1. The Kier molecular flexibility index (Phi) is 5.14. The summed E-state index contributed by atoms with van der Waals surface area (Å²) in [6.45, 7) is 1.93. The second-order valence-electron chi connectivity index (χ2n) is 4.54. The van der Waals surface area contributed by atoms with Crippen molar-refractivity contribution in [2.45, 2.75) is 6.92 Å². The Morgan fingerprint density at radius 1 is 1.22 bits per heavy atom. The summed E-state index contributed by atoms with van der Waals surface area (Å²) >= 11 is 0. The highest BCUT2D eigenvalue weighted by Gasteiger charge is 2.16. The Morgan fingerprint density at radius 2 is 1.96 bits per heavy atom. The number of methoxy groups -OCH3 is 2. The lowest BCUT2D eigenvalue weighted by molar-refractivity contribution is -0.135. The van der Waals surface area contributed by atoms with Crippen LogP contribution in [0.1, 0.15) is 11.1 Å². The molecule has 0 aliphatic carbocycles. The monoisotopic (exact) mass is 316 g/mol. The molecule has 0 saturated heterocycles. The van der Waals surface area contributed by atoms with E-state index in [-0.39, 0.29) is 23.1 Å². The molecule has 1 aromatic heterocycles. The van der Waals surface area contributed by atoms with Gasteiger partial charge in [-0.1, -0.05) is 12.1 Å². The third-order valence-electron chi connectivity index (χ3n) is 2.91. The van der Waals surface area contributed by atoms with Crippen molar-refractivity contribution in [3.8, 4) is 17.5 Å². The molecule has 120 valence electrons. The third-order valence-corrected chi connectivity index (χ3v) is 2.91. The molecule has 7 heteroatoms. The number of ether oxygens (including phenoxy) is 3. The number of hydrogen-bond donors (Lipinski definition) is 1. The zero-order valence-corrected chi connectivity index (χ0v) is 12.9. The quantitative estimate of drug-likeness (QED) is 0.647. The molecule has 0 aliphatic heterocycles. The van der Waals surface area contributed by atoms with Crippen molar-refractivity contribution >= 4 is 12.0 Å². The molecule has 0 aliphatic rings. The third kappa shape index (κ3) is 3.97. The standard InChI is InChI=1S/C16H16N2O5/c1-10-5-4-6-11(7-10)23-15-12(8-13(21-2)16(19)20)14(22-3)17-9-18-15/h4-9H,1-3H3,(H,19,20). The largest absolute Gasteiger partial charge is 0.490 e. The molecule has 1 N–H and O–H groups in total. The highest BCUT2D eigenvalue weighted by Crippen LogP contribution is 2.30. The molecule has 0 fully saturated rings. The van der Waals surface area contributed by atoms with Gasteiger partial charge < -0.3 is 19.3 Å². The molecule has 2 rings (SSSR count). The van der Waals surface area contributed by atoms with Crippen LogP contribution in [0, 0.1) is 6.92 Å². The van der Waals surface area contributed by atoms with Crippen molar-refractivity contribution in [3.05, 3.63) is 47.5 Å². The van der Waals surface area contributed by atoms with Gasteiger partial charge in [-0.05, 0) is 24.6 Å². The maximum atomic E-state index is 11.1. The van der Waals surface area contributed by atoms with Crippen LogP contribution in [0.3, 0.4) is 0 Å². The van der Waals surface area contributed by atoms with E-state index >= 15 is 0 Å². The SMILES string of the molecule is COC(=Cc1c(OC)ncnc1Oc1cccc(C)c1)C(=O)O. The molecule has 0 atom stereocenters. The van der Waals surface area contributed by atoms with Gasteiger partial charge in [0.2, 0.25) is 17.5 Å². The van der Waals surface area contributed by atoms with E-state index in [1.54, 1.807) is 6.07 Å². The van der Waals surface area contributed by atoms with Crippen LogP contribution >= 0.6 is 0 Å². The van der Waals surface area contributed by atoms with Crippen LogP contribution in [0.15, 0.2) is 36.4 Å². The van der Waals surface area contributed by atoms with E-state index in [1.165, 1.54) is 26.6 Å². The van der Waals surface area contributed by atoms with E-state index < -0.39 is 5.97 Å². The predicted molar refractivity (Wildman–Crippen MR) is 82.5 cm³/mol.